The number of rotatable bonds is 2. The van der Waals surface area contributed by atoms with E-state index in [1.54, 1.807) is 0 Å². The normalized spacial score (nSPS) is 34.9. The summed E-state index contributed by atoms with van der Waals surface area (Å²) < 4.78 is 7.56. The lowest BCUT2D eigenvalue weighted by molar-refractivity contribution is 0.159. The van der Waals surface area contributed by atoms with Gasteiger partial charge in [0.25, 0.3) is 0 Å². The van der Waals surface area contributed by atoms with E-state index in [2.05, 4.69) is 29.7 Å². The second-order valence-electron chi connectivity index (χ2n) is 4.69. The Hall–Kier alpha value is -0.830. The predicted octanol–water partition coefficient (Wildman–Crippen LogP) is 1.82. The molecule has 3 rings (SSSR count). The van der Waals surface area contributed by atoms with E-state index in [0.29, 0.717) is 6.04 Å². The van der Waals surface area contributed by atoms with E-state index in [1.165, 1.54) is 5.69 Å². The highest BCUT2D eigenvalue weighted by Crippen LogP contribution is 2.57. The van der Waals surface area contributed by atoms with Crippen LogP contribution in [-0.4, -0.2) is 23.0 Å². The Balaban J connectivity index is 1.87. The van der Waals surface area contributed by atoms with Crippen LogP contribution in [0.5, 0.6) is 0 Å². The summed E-state index contributed by atoms with van der Waals surface area (Å²) in [7, 11) is 0. The summed E-state index contributed by atoms with van der Waals surface area (Å²) in [6, 6.07) is 2.64. The summed E-state index contributed by atoms with van der Waals surface area (Å²) in [6.45, 7) is 6.29. The third-order valence-corrected chi connectivity index (χ3v) is 3.48. The summed E-state index contributed by atoms with van der Waals surface area (Å²) in [5.74, 6) is 2.29. The van der Waals surface area contributed by atoms with E-state index in [1.807, 2.05) is 6.20 Å². The van der Waals surface area contributed by atoms with E-state index >= 15 is 0 Å². The van der Waals surface area contributed by atoms with Gasteiger partial charge in [0.05, 0.1) is 13.2 Å². The van der Waals surface area contributed by atoms with Crippen molar-refractivity contribution in [1.82, 2.24) is 9.78 Å². The topological polar surface area (TPSA) is 27.1 Å². The molecule has 14 heavy (non-hydrogen) atoms. The van der Waals surface area contributed by atoms with Crippen LogP contribution in [0.2, 0.25) is 0 Å². The monoisotopic (exact) mass is 192 g/mol. The van der Waals surface area contributed by atoms with Gasteiger partial charge >= 0.3 is 0 Å². The number of fused-ring (bicyclic) bond motifs is 1. The molecule has 0 N–H and O–H groups in total. The molecule has 0 aromatic carbocycles. The van der Waals surface area contributed by atoms with Crippen LogP contribution in [0.3, 0.4) is 0 Å². The lowest BCUT2D eigenvalue weighted by Crippen LogP contribution is -2.09. The molecule has 76 valence electrons. The lowest BCUT2D eigenvalue weighted by atomic mass is 10.2. The first-order valence-electron chi connectivity index (χ1n) is 5.40. The molecule has 3 heteroatoms. The molecule has 2 fully saturated rings. The quantitative estimate of drug-likeness (QED) is 0.714. The van der Waals surface area contributed by atoms with E-state index in [4.69, 9.17) is 4.74 Å². The minimum Gasteiger partial charge on any atom is -0.381 e. The Morgan fingerprint density at radius 2 is 2.14 bits per heavy atom. The summed E-state index contributed by atoms with van der Waals surface area (Å²) in [4.78, 5) is 0. The van der Waals surface area contributed by atoms with Crippen molar-refractivity contribution < 1.29 is 4.74 Å². The lowest BCUT2D eigenvalue weighted by Gasteiger charge is -2.12. The molecule has 0 radical (unpaired) electrons. The Morgan fingerprint density at radius 3 is 2.79 bits per heavy atom. The molecule has 0 amide bonds. The molecule has 1 saturated heterocycles. The van der Waals surface area contributed by atoms with Gasteiger partial charge in [0.1, 0.15) is 0 Å². The van der Waals surface area contributed by atoms with Gasteiger partial charge in [0, 0.05) is 23.9 Å². The number of nitrogens with zero attached hydrogens (tertiary/aromatic N) is 2. The number of aromatic nitrogens is 2. The minimum atomic E-state index is 0.474. The largest absolute Gasteiger partial charge is 0.381 e. The zero-order valence-electron chi connectivity index (χ0n) is 8.68. The zero-order valence-corrected chi connectivity index (χ0v) is 8.68. The molecule has 0 bridgehead atoms. The van der Waals surface area contributed by atoms with E-state index in [0.717, 1.165) is 31.0 Å². The van der Waals surface area contributed by atoms with Crippen LogP contribution in [0.15, 0.2) is 12.3 Å². The van der Waals surface area contributed by atoms with Gasteiger partial charge in [0.15, 0.2) is 0 Å². The third kappa shape index (κ3) is 1.05. The molecule has 3 atom stereocenters. The highest BCUT2D eigenvalue weighted by atomic mass is 16.5. The Morgan fingerprint density at radius 1 is 1.43 bits per heavy atom. The molecular formula is C11H16N2O. The van der Waals surface area contributed by atoms with Gasteiger partial charge in [-0.2, -0.15) is 5.10 Å². The average molecular weight is 192 g/mol. The molecule has 1 aliphatic carbocycles. The SMILES string of the molecule is CC(C)n1nccc1[C@@H]1[C@@H]2COC[C@@H]21. The molecule has 0 unspecified atom stereocenters. The van der Waals surface area contributed by atoms with Gasteiger partial charge in [-0.3, -0.25) is 4.68 Å². The summed E-state index contributed by atoms with van der Waals surface area (Å²) in [5, 5.41) is 4.38. The van der Waals surface area contributed by atoms with E-state index in [9.17, 15) is 0 Å². The molecule has 3 nitrogen and oxygen atoms in total. The second kappa shape index (κ2) is 2.83. The van der Waals surface area contributed by atoms with E-state index < -0.39 is 0 Å². The van der Waals surface area contributed by atoms with Crippen molar-refractivity contribution >= 4 is 0 Å². The Bertz CT molecular complexity index is 335. The molecule has 0 spiro atoms. The maximum atomic E-state index is 5.41. The molecule has 1 saturated carbocycles. The van der Waals surface area contributed by atoms with Gasteiger partial charge in [-0.25, -0.2) is 0 Å². The van der Waals surface area contributed by atoms with Crippen molar-refractivity contribution in [3.05, 3.63) is 18.0 Å². The molecular weight excluding hydrogens is 176 g/mol. The van der Waals surface area contributed by atoms with Crippen molar-refractivity contribution in [3.63, 3.8) is 0 Å². The first kappa shape index (κ1) is 8.48. The number of ether oxygens (including phenoxy) is 1. The van der Waals surface area contributed by atoms with Crippen molar-refractivity contribution in [2.24, 2.45) is 11.8 Å². The van der Waals surface area contributed by atoms with Crippen LogP contribution >= 0.6 is 0 Å². The maximum absolute atomic E-state index is 5.41. The summed E-state index contributed by atoms with van der Waals surface area (Å²) in [5.41, 5.74) is 1.42. The fourth-order valence-electron chi connectivity index (χ4n) is 2.70. The molecule has 2 heterocycles. The fraction of sp³-hybridized carbons (Fsp3) is 0.727. The summed E-state index contributed by atoms with van der Waals surface area (Å²) in [6.07, 6.45) is 1.92. The second-order valence-corrected chi connectivity index (χ2v) is 4.69. The molecule has 1 aromatic heterocycles. The summed E-state index contributed by atoms with van der Waals surface area (Å²) >= 11 is 0. The van der Waals surface area contributed by atoms with Crippen molar-refractivity contribution in [3.8, 4) is 0 Å². The van der Waals surface area contributed by atoms with Gasteiger partial charge in [-0.05, 0) is 31.7 Å². The fourth-order valence-corrected chi connectivity index (χ4v) is 2.70. The number of hydrogen-bond donors (Lipinski definition) is 0. The molecule has 1 aliphatic heterocycles. The first-order valence-corrected chi connectivity index (χ1v) is 5.40. The van der Waals surface area contributed by atoms with Crippen molar-refractivity contribution in [2.75, 3.05) is 13.2 Å². The Labute approximate surface area is 84.1 Å². The number of hydrogen-bond acceptors (Lipinski definition) is 2. The van der Waals surface area contributed by atoms with Crippen LogP contribution in [0, 0.1) is 11.8 Å². The maximum Gasteiger partial charge on any atom is 0.0504 e. The highest BCUT2D eigenvalue weighted by Gasteiger charge is 2.55. The Kier molecular flexibility index (Phi) is 1.71. The van der Waals surface area contributed by atoms with Crippen LogP contribution in [0.1, 0.15) is 31.5 Å². The van der Waals surface area contributed by atoms with Crippen LogP contribution in [0.25, 0.3) is 0 Å². The van der Waals surface area contributed by atoms with Gasteiger partial charge in [-0.1, -0.05) is 0 Å². The third-order valence-electron chi connectivity index (χ3n) is 3.48. The predicted molar refractivity (Wildman–Crippen MR) is 53.2 cm³/mol. The highest BCUT2D eigenvalue weighted by molar-refractivity contribution is 5.23. The molecule has 1 aromatic rings. The van der Waals surface area contributed by atoms with Crippen LogP contribution in [0.4, 0.5) is 0 Å². The van der Waals surface area contributed by atoms with Crippen molar-refractivity contribution in [1.29, 1.82) is 0 Å². The van der Waals surface area contributed by atoms with Crippen molar-refractivity contribution in [2.45, 2.75) is 25.8 Å². The minimum absolute atomic E-state index is 0.474. The van der Waals surface area contributed by atoms with Crippen LogP contribution < -0.4 is 0 Å². The smallest absolute Gasteiger partial charge is 0.0504 e. The zero-order chi connectivity index (χ0) is 9.71. The first-order chi connectivity index (χ1) is 6.79. The molecule has 2 aliphatic rings. The van der Waals surface area contributed by atoms with Gasteiger partial charge in [0.2, 0.25) is 0 Å². The van der Waals surface area contributed by atoms with Gasteiger partial charge in [-0.15, -0.1) is 0 Å². The van der Waals surface area contributed by atoms with E-state index in [-0.39, 0.29) is 0 Å². The average Bonchev–Trinajstić information content (AvgIpc) is 2.63. The van der Waals surface area contributed by atoms with Crippen LogP contribution in [-0.2, 0) is 4.74 Å². The van der Waals surface area contributed by atoms with Gasteiger partial charge < -0.3 is 4.74 Å². The standard InChI is InChI=1S/C11H16N2O/c1-7(2)13-10(3-4-12-13)11-8-5-14-6-9(8)11/h3-4,7-9,11H,5-6H2,1-2H3/t8-,9+,11-.